The van der Waals surface area contributed by atoms with Crippen LogP contribution in [-0.4, -0.2) is 36.4 Å². The Hall–Kier alpha value is -2.52. The molecule has 128 valence electrons. The van der Waals surface area contributed by atoms with Crippen LogP contribution in [0.1, 0.15) is 0 Å². The van der Waals surface area contributed by atoms with Crippen molar-refractivity contribution in [3.63, 3.8) is 0 Å². The lowest BCUT2D eigenvalue weighted by Crippen LogP contribution is -2.14. The predicted molar refractivity (Wildman–Crippen MR) is 95.1 cm³/mol. The largest absolute Gasteiger partial charge is 0.485 e. The van der Waals surface area contributed by atoms with Gasteiger partial charge in [0.1, 0.15) is 26.4 Å². The van der Waals surface area contributed by atoms with E-state index in [0.717, 1.165) is 21.3 Å². The van der Waals surface area contributed by atoms with E-state index in [1.54, 1.807) is 0 Å². The molecule has 5 heterocycles. The van der Waals surface area contributed by atoms with Crippen LogP contribution in [0.5, 0.6) is 23.0 Å². The lowest BCUT2D eigenvalue weighted by molar-refractivity contribution is 0.174. The summed E-state index contributed by atoms with van der Waals surface area (Å²) in [6.45, 7) is 2.15. The standard InChI is InChI=1S/C16H13N3O4S2/c17-16-18-8(14-12-10(6-24-14)20-1-3-22-12)5-9(19-16)15-13-11(7-25-15)21-2-4-23-13/h5-7H,1-4H2,(H2,17,18,19). The molecule has 2 N–H and O–H groups in total. The smallest absolute Gasteiger partial charge is 0.221 e. The summed E-state index contributed by atoms with van der Waals surface area (Å²) in [7, 11) is 0. The fourth-order valence-corrected chi connectivity index (χ4v) is 4.56. The summed E-state index contributed by atoms with van der Waals surface area (Å²) in [5, 5.41) is 3.84. The molecule has 3 aromatic heterocycles. The molecule has 0 spiro atoms. The zero-order valence-corrected chi connectivity index (χ0v) is 14.6. The number of anilines is 1. The number of nitrogens with zero attached hydrogens (tertiary/aromatic N) is 2. The van der Waals surface area contributed by atoms with Gasteiger partial charge in [0.15, 0.2) is 23.0 Å². The van der Waals surface area contributed by atoms with Gasteiger partial charge in [-0.1, -0.05) is 0 Å². The van der Waals surface area contributed by atoms with Crippen molar-refractivity contribution in [2.75, 3.05) is 32.2 Å². The average molecular weight is 375 g/mol. The Morgan fingerprint density at radius 2 is 1.24 bits per heavy atom. The van der Waals surface area contributed by atoms with E-state index in [1.165, 1.54) is 22.7 Å². The topological polar surface area (TPSA) is 88.7 Å². The summed E-state index contributed by atoms with van der Waals surface area (Å²) in [6.07, 6.45) is 0. The number of rotatable bonds is 2. The maximum absolute atomic E-state index is 5.97. The average Bonchev–Trinajstić information content (AvgIpc) is 3.25. The van der Waals surface area contributed by atoms with Crippen molar-refractivity contribution in [3.05, 3.63) is 16.8 Å². The third-order valence-electron chi connectivity index (χ3n) is 3.81. The molecule has 0 amide bonds. The maximum atomic E-state index is 5.97. The number of fused-ring (bicyclic) bond motifs is 2. The Bertz CT molecular complexity index is 881. The van der Waals surface area contributed by atoms with Gasteiger partial charge >= 0.3 is 0 Å². The van der Waals surface area contributed by atoms with Crippen LogP contribution < -0.4 is 24.7 Å². The molecule has 2 aliphatic rings. The predicted octanol–water partition coefficient (Wildman–Crippen LogP) is 3.06. The van der Waals surface area contributed by atoms with Crippen LogP contribution in [0.2, 0.25) is 0 Å². The van der Waals surface area contributed by atoms with Gasteiger partial charge in [-0.3, -0.25) is 0 Å². The molecule has 2 aliphatic heterocycles. The fraction of sp³-hybridized carbons (Fsp3) is 0.250. The second-order valence-electron chi connectivity index (χ2n) is 5.41. The highest BCUT2D eigenvalue weighted by atomic mass is 32.1. The van der Waals surface area contributed by atoms with E-state index in [1.807, 2.05) is 16.8 Å². The van der Waals surface area contributed by atoms with Crippen LogP contribution in [0.25, 0.3) is 21.1 Å². The van der Waals surface area contributed by atoms with Gasteiger partial charge in [0.05, 0.1) is 21.1 Å². The Labute approximate surface area is 151 Å². The molecule has 0 aliphatic carbocycles. The van der Waals surface area contributed by atoms with Crippen molar-refractivity contribution in [1.82, 2.24) is 9.97 Å². The van der Waals surface area contributed by atoms with Gasteiger partial charge in [0.2, 0.25) is 5.95 Å². The third kappa shape index (κ3) is 2.47. The van der Waals surface area contributed by atoms with Gasteiger partial charge in [-0.05, 0) is 6.07 Å². The van der Waals surface area contributed by atoms with Crippen LogP contribution in [0.3, 0.4) is 0 Å². The SMILES string of the molecule is Nc1nc(-c2scc3c2OCCO3)cc(-c2scc3c2OCCO3)n1. The number of hydrogen-bond acceptors (Lipinski definition) is 9. The molecular formula is C16H13N3O4S2. The maximum Gasteiger partial charge on any atom is 0.221 e. The van der Waals surface area contributed by atoms with E-state index in [2.05, 4.69) is 9.97 Å². The summed E-state index contributed by atoms with van der Waals surface area (Å²) in [5.74, 6) is 3.12. The van der Waals surface area contributed by atoms with Crippen molar-refractivity contribution in [3.8, 4) is 44.1 Å². The second-order valence-corrected chi connectivity index (χ2v) is 7.17. The Balaban J connectivity index is 1.62. The first-order valence-electron chi connectivity index (χ1n) is 7.69. The molecule has 0 fully saturated rings. The summed E-state index contributed by atoms with van der Waals surface area (Å²) < 4.78 is 22.7. The molecule has 5 rings (SSSR count). The molecule has 9 heteroatoms. The van der Waals surface area contributed by atoms with Crippen molar-refractivity contribution in [2.24, 2.45) is 0 Å². The molecule has 25 heavy (non-hydrogen) atoms. The highest BCUT2D eigenvalue weighted by molar-refractivity contribution is 7.14. The first kappa shape index (κ1) is 14.8. The van der Waals surface area contributed by atoms with E-state index < -0.39 is 0 Å². The minimum absolute atomic E-state index is 0.199. The first-order chi connectivity index (χ1) is 12.3. The molecule has 0 bridgehead atoms. The minimum atomic E-state index is 0.199. The number of aromatic nitrogens is 2. The van der Waals surface area contributed by atoms with Gasteiger partial charge in [0.25, 0.3) is 0 Å². The molecule has 0 unspecified atom stereocenters. The van der Waals surface area contributed by atoms with Crippen LogP contribution >= 0.6 is 22.7 Å². The van der Waals surface area contributed by atoms with Crippen LogP contribution in [0.15, 0.2) is 16.8 Å². The molecule has 0 aromatic carbocycles. The molecule has 0 radical (unpaired) electrons. The van der Waals surface area contributed by atoms with Crippen molar-refractivity contribution in [1.29, 1.82) is 0 Å². The quantitative estimate of drug-likeness (QED) is 0.736. The molecule has 7 nitrogen and oxygen atoms in total. The van der Waals surface area contributed by atoms with E-state index in [-0.39, 0.29) is 5.95 Å². The minimum Gasteiger partial charge on any atom is -0.485 e. The van der Waals surface area contributed by atoms with Crippen LogP contribution in [-0.2, 0) is 0 Å². The first-order valence-corrected chi connectivity index (χ1v) is 9.45. The molecule has 0 atom stereocenters. The van der Waals surface area contributed by atoms with Crippen molar-refractivity contribution in [2.45, 2.75) is 0 Å². The Morgan fingerprint density at radius 3 is 1.76 bits per heavy atom. The van der Waals surface area contributed by atoms with E-state index >= 15 is 0 Å². The van der Waals surface area contributed by atoms with Gasteiger partial charge in [-0.15, -0.1) is 22.7 Å². The Kier molecular flexibility index (Phi) is 3.42. The zero-order chi connectivity index (χ0) is 16.8. The zero-order valence-electron chi connectivity index (χ0n) is 13.0. The lowest BCUT2D eigenvalue weighted by atomic mass is 10.2. The van der Waals surface area contributed by atoms with Gasteiger partial charge in [-0.2, -0.15) is 0 Å². The third-order valence-corrected chi connectivity index (χ3v) is 5.74. The Morgan fingerprint density at radius 1 is 0.760 bits per heavy atom. The normalized spacial score (nSPS) is 15.2. The molecule has 0 saturated carbocycles. The molecular weight excluding hydrogens is 362 g/mol. The monoisotopic (exact) mass is 375 g/mol. The van der Waals surface area contributed by atoms with Crippen LogP contribution in [0, 0.1) is 0 Å². The number of ether oxygens (including phenoxy) is 4. The number of nitrogen functional groups attached to an aromatic ring is 1. The van der Waals surface area contributed by atoms with Gasteiger partial charge < -0.3 is 24.7 Å². The lowest BCUT2D eigenvalue weighted by Gasteiger charge is -2.17. The highest BCUT2D eigenvalue weighted by Gasteiger charge is 2.24. The molecule has 3 aromatic rings. The highest BCUT2D eigenvalue weighted by Crippen LogP contribution is 2.48. The van der Waals surface area contributed by atoms with E-state index in [9.17, 15) is 0 Å². The van der Waals surface area contributed by atoms with E-state index in [4.69, 9.17) is 24.7 Å². The van der Waals surface area contributed by atoms with Crippen LogP contribution in [0.4, 0.5) is 5.95 Å². The number of nitrogens with two attached hydrogens (primary N) is 1. The molecule has 0 saturated heterocycles. The van der Waals surface area contributed by atoms with Gasteiger partial charge in [-0.25, -0.2) is 9.97 Å². The van der Waals surface area contributed by atoms with Gasteiger partial charge in [0, 0.05) is 10.8 Å². The number of thiophene rings is 2. The van der Waals surface area contributed by atoms with Crippen molar-refractivity contribution < 1.29 is 18.9 Å². The fourth-order valence-electron chi connectivity index (χ4n) is 2.78. The second kappa shape index (κ2) is 5.78. The number of hydrogen-bond donors (Lipinski definition) is 1. The van der Waals surface area contributed by atoms with E-state index in [0.29, 0.717) is 49.3 Å². The summed E-state index contributed by atoms with van der Waals surface area (Å²) in [6, 6.07) is 1.89. The van der Waals surface area contributed by atoms with Crippen molar-refractivity contribution >= 4 is 28.6 Å². The summed E-state index contributed by atoms with van der Waals surface area (Å²) in [4.78, 5) is 10.5. The summed E-state index contributed by atoms with van der Waals surface area (Å²) in [5.41, 5.74) is 7.38. The summed E-state index contributed by atoms with van der Waals surface area (Å²) >= 11 is 3.03.